The monoisotopic (exact) mass is 481 g/mol. The number of allylic oxidation sites excluding steroid dienone is 1. The minimum absolute atomic E-state index is 0.147. The fourth-order valence-electron chi connectivity index (χ4n) is 3.12. The fraction of sp³-hybridized carbons (Fsp3) is 0.250. The summed E-state index contributed by atoms with van der Waals surface area (Å²) in [7, 11) is 3.16. The molecular formula is C24H27N5O4S. The number of amides is 2. The van der Waals surface area contributed by atoms with E-state index in [-0.39, 0.29) is 17.6 Å². The first kappa shape index (κ1) is 24.8. The Morgan fingerprint density at radius 3 is 2.26 bits per heavy atom. The average molecular weight is 482 g/mol. The van der Waals surface area contributed by atoms with Gasteiger partial charge in [-0.05, 0) is 55.5 Å². The topological polar surface area (TPSA) is 107 Å². The van der Waals surface area contributed by atoms with Gasteiger partial charge in [-0.25, -0.2) is 0 Å². The van der Waals surface area contributed by atoms with Gasteiger partial charge in [0.1, 0.15) is 11.5 Å². The summed E-state index contributed by atoms with van der Waals surface area (Å²) in [6, 6.07) is 13.5. The average Bonchev–Trinajstić information content (AvgIpc) is 3.26. The molecule has 2 amide bonds. The van der Waals surface area contributed by atoms with Gasteiger partial charge in [0.15, 0.2) is 11.0 Å². The van der Waals surface area contributed by atoms with E-state index in [0.29, 0.717) is 40.3 Å². The lowest BCUT2D eigenvalue weighted by molar-refractivity contribution is -0.113. The molecule has 9 nitrogen and oxygen atoms in total. The molecule has 1 atom stereocenters. The molecule has 3 aromatic rings. The molecule has 1 heterocycles. The lowest BCUT2D eigenvalue weighted by Gasteiger charge is -2.15. The van der Waals surface area contributed by atoms with E-state index in [2.05, 4.69) is 27.4 Å². The summed E-state index contributed by atoms with van der Waals surface area (Å²) in [5.41, 5.74) is 1.18. The maximum Gasteiger partial charge on any atom is 0.251 e. The number of nitrogens with zero attached hydrogens (tertiary/aromatic N) is 3. The summed E-state index contributed by atoms with van der Waals surface area (Å²) >= 11 is 1.26. The molecule has 0 fully saturated rings. The van der Waals surface area contributed by atoms with Crippen LogP contribution in [-0.4, -0.2) is 46.6 Å². The Kier molecular flexibility index (Phi) is 8.69. The summed E-state index contributed by atoms with van der Waals surface area (Å²) in [5.74, 6) is 1.69. The SMILES string of the molecule is C=CCn1c(SCC(=O)Nc2ccc(OC)cc2)nnc1C(C)NC(=O)c1ccc(OC)cc1. The smallest absolute Gasteiger partial charge is 0.251 e. The van der Waals surface area contributed by atoms with E-state index >= 15 is 0 Å². The molecule has 0 saturated carbocycles. The van der Waals surface area contributed by atoms with E-state index in [1.807, 2.05) is 11.5 Å². The van der Waals surface area contributed by atoms with Gasteiger partial charge in [0.2, 0.25) is 5.91 Å². The molecule has 2 aromatic carbocycles. The van der Waals surface area contributed by atoms with Crippen molar-refractivity contribution in [2.75, 3.05) is 25.3 Å². The molecule has 178 valence electrons. The Morgan fingerprint density at radius 1 is 1.06 bits per heavy atom. The molecule has 1 aromatic heterocycles. The van der Waals surface area contributed by atoms with Crippen molar-refractivity contribution in [2.45, 2.75) is 24.7 Å². The van der Waals surface area contributed by atoms with Crippen molar-refractivity contribution in [3.8, 4) is 11.5 Å². The van der Waals surface area contributed by atoms with Crippen LogP contribution >= 0.6 is 11.8 Å². The lowest BCUT2D eigenvalue weighted by Crippen LogP contribution is -2.28. The lowest BCUT2D eigenvalue weighted by atomic mass is 10.2. The number of hydrogen-bond acceptors (Lipinski definition) is 7. The van der Waals surface area contributed by atoms with E-state index in [1.165, 1.54) is 11.8 Å². The van der Waals surface area contributed by atoms with Crippen LogP contribution in [-0.2, 0) is 11.3 Å². The molecule has 0 radical (unpaired) electrons. The van der Waals surface area contributed by atoms with Gasteiger partial charge < -0.3 is 24.7 Å². The van der Waals surface area contributed by atoms with Gasteiger partial charge in [-0.3, -0.25) is 9.59 Å². The molecule has 0 aliphatic carbocycles. The molecule has 0 bridgehead atoms. The van der Waals surface area contributed by atoms with E-state index in [1.54, 1.807) is 68.8 Å². The fourth-order valence-corrected chi connectivity index (χ4v) is 3.87. The van der Waals surface area contributed by atoms with Gasteiger partial charge in [-0.15, -0.1) is 16.8 Å². The van der Waals surface area contributed by atoms with Crippen LogP contribution in [0.1, 0.15) is 29.1 Å². The third-order valence-corrected chi connectivity index (χ3v) is 5.82. The number of anilines is 1. The maximum atomic E-state index is 12.6. The first-order chi connectivity index (χ1) is 16.4. The second-order valence-corrected chi connectivity index (χ2v) is 8.17. The normalized spacial score (nSPS) is 11.4. The highest BCUT2D eigenvalue weighted by molar-refractivity contribution is 7.99. The van der Waals surface area contributed by atoms with E-state index < -0.39 is 6.04 Å². The first-order valence-electron chi connectivity index (χ1n) is 10.5. The van der Waals surface area contributed by atoms with Crippen LogP contribution < -0.4 is 20.1 Å². The van der Waals surface area contributed by atoms with Gasteiger partial charge >= 0.3 is 0 Å². The van der Waals surface area contributed by atoms with Crippen LogP contribution in [0.3, 0.4) is 0 Å². The van der Waals surface area contributed by atoms with Gasteiger partial charge in [0, 0.05) is 17.8 Å². The van der Waals surface area contributed by atoms with Gasteiger partial charge in [-0.1, -0.05) is 17.8 Å². The number of carbonyl (C=O) groups excluding carboxylic acids is 2. The van der Waals surface area contributed by atoms with E-state index in [4.69, 9.17) is 9.47 Å². The number of thioether (sulfide) groups is 1. The zero-order valence-corrected chi connectivity index (χ0v) is 20.1. The summed E-state index contributed by atoms with van der Waals surface area (Å²) in [6.45, 7) is 6.06. The second kappa shape index (κ2) is 11.9. The largest absolute Gasteiger partial charge is 0.497 e. The Morgan fingerprint density at radius 2 is 1.68 bits per heavy atom. The van der Waals surface area contributed by atoms with Crippen LogP contribution in [0.5, 0.6) is 11.5 Å². The van der Waals surface area contributed by atoms with Gasteiger partial charge in [-0.2, -0.15) is 0 Å². The van der Waals surface area contributed by atoms with Crippen LogP contribution in [0, 0.1) is 0 Å². The number of aromatic nitrogens is 3. The molecule has 10 heteroatoms. The predicted molar refractivity (Wildman–Crippen MR) is 131 cm³/mol. The molecule has 0 aliphatic rings. The van der Waals surface area contributed by atoms with Crippen molar-refractivity contribution in [1.82, 2.24) is 20.1 Å². The number of rotatable bonds is 11. The number of carbonyl (C=O) groups is 2. The van der Waals surface area contributed by atoms with Crippen molar-refractivity contribution < 1.29 is 19.1 Å². The van der Waals surface area contributed by atoms with Crippen LogP contribution in [0.2, 0.25) is 0 Å². The number of ether oxygens (including phenoxy) is 2. The molecule has 34 heavy (non-hydrogen) atoms. The standard InChI is InChI=1S/C24H27N5O4S/c1-5-14-29-22(16(2)25-23(31)17-6-10-19(32-3)11-7-17)27-28-24(29)34-15-21(30)26-18-8-12-20(33-4)13-9-18/h5-13,16H,1,14-15H2,2-4H3,(H,25,31)(H,26,30). The molecule has 1 unspecified atom stereocenters. The molecule has 0 aliphatic heterocycles. The zero-order valence-electron chi connectivity index (χ0n) is 19.3. The van der Waals surface area contributed by atoms with Crippen molar-refractivity contribution in [1.29, 1.82) is 0 Å². The van der Waals surface area contributed by atoms with E-state index in [9.17, 15) is 9.59 Å². The third-order valence-electron chi connectivity index (χ3n) is 4.85. The Bertz CT molecular complexity index is 1130. The summed E-state index contributed by atoms with van der Waals surface area (Å²) < 4.78 is 12.1. The summed E-state index contributed by atoms with van der Waals surface area (Å²) in [5, 5.41) is 14.8. The highest BCUT2D eigenvalue weighted by atomic mass is 32.2. The predicted octanol–water partition coefficient (Wildman–Crippen LogP) is 3.70. The minimum atomic E-state index is -0.412. The Labute approximate surface area is 202 Å². The first-order valence-corrected chi connectivity index (χ1v) is 11.5. The van der Waals surface area contributed by atoms with Gasteiger partial charge in [0.25, 0.3) is 5.91 Å². The molecule has 0 spiro atoms. The maximum absolute atomic E-state index is 12.6. The number of hydrogen-bond donors (Lipinski definition) is 2. The highest BCUT2D eigenvalue weighted by Crippen LogP contribution is 2.22. The molecular weight excluding hydrogens is 454 g/mol. The number of nitrogens with one attached hydrogen (secondary N) is 2. The van der Waals surface area contributed by atoms with Gasteiger partial charge in [0.05, 0.1) is 26.0 Å². The molecule has 0 saturated heterocycles. The molecule has 2 N–H and O–H groups in total. The third kappa shape index (κ3) is 6.38. The second-order valence-electron chi connectivity index (χ2n) is 7.23. The highest BCUT2D eigenvalue weighted by Gasteiger charge is 2.20. The molecule has 3 rings (SSSR count). The minimum Gasteiger partial charge on any atom is -0.497 e. The van der Waals surface area contributed by atoms with Crippen molar-refractivity contribution in [3.63, 3.8) is 0 Å². The Hall–Kier alpha value is -3.79. The Balaban J connectivity index is 1.63. The quantitative estimate of drug-likeness (QED) is 0.318. The summed E-state index contributed by atoms with van der Waals surface area (Å²) in [6.07, 6.45) is 1.71. The van der Waals surface area contributed by atoms with E-state index in [0.717, 1.165) is 0 Å². The van der Waals surface area contributed by atoms with Crippen LogP contribution in [0.15, 0.2) is 66.3 Å². The summed E-state index contributed by atoms with van der Waals surface area (Å²) in [4.78, 5) is 25.0. The number of benzene rings is 2. The van der Waals surface area contributed by atoms with Crippen molar-refractivity contribution in [2.24, 2.45) is 0 Å². The number of methoxy groups -OCH3 is 2. The van der Waals surface area contributed by atoms with Crippen LogP contribution in [0.25, 0.3) is 0 Å². The van der Waals surface area contributed by atoms with Crippen molar-refractivity contribution >= 4 is 29.3 Å². The zero-order chi connectivity index (χ0) is 24.5. The van der Waals surface area contributed by atoms with Crippen LogP contribution in [0.4, 0.5) is 5.69 Å². The van der Waals surface area contributed by atoms with Crippen molar-refractivity contribution in [3.05, 3.63) is 72.6 Å².